The van der Waals surface area contributed by atoms with E-state index in [1.165, 1.54) is 12.1 Å². The van der Waals surface area contributed by atoms with Gasteiger partial charge in [0.1, 0.15) is 6.61 Å². The Morgan fingerprint density at radius 3 is 2.86 bits per heavy atom. The molecule has 1 heterocycles. The largest absolute Gasteiger partial charge is 0.475 e. The number of nitrogens with one attached hydrogen (secondary N) is 1. The van der Waals surface area contributed by atoms with Gasteiger partial charge in [0, 0.05) is 6.07 Å². The molecular weight excluding hydrogens is 186 g/mol. The van der Waals surface area contributed by atoms with Gasteiger partial charge in [-0.3, -0.25) is 0 Å². The summed E-state index contributed by atoms with van der Waals surface area (Å²) in [6.07, 6.45) is 0. The highest BCUT2D eigenvalue weighted by Gasteiger charge is 2.07. The fourth-order valence-corrected chi connectivity index (χ4v) is 0.798. The van der Waals surface area contributed by atoms with E-state index in [0.717, 1.165) is 0 Å². The minimum atomic E-state index is -1.11. The van der Waals surface area contributed by atoms with Crippen LogP contribution in [0.5, 0.6) is 0 Å². The van der Waals surface area contributed by atoms with Crippen LogP contribution in [0.15, 0.2) is 16.5 Å². The maximum absolute atomic E-state index is 10.4. The number of aliphatic hydroxyl groups is 1. The zero-order valence-electron chi connectivity index (χ0n) is 7.28. The Morgan fingerprint density at radius 1 is 1.50 bits per heavy atom. The number of carboxylic acid groups (broad SMARTS) is 1. The van der Waals surface area contributed by atoms with Crippen LogP contribution in [0.3, 0.4) is 0 Å². The standard InChI is InChI=1S/C9H9NO4/c11-6-2-1-5-10-8-4-3-7(14-8)9(12)13/h3-4,10-11H,5-6H2,(H,12,13). The predicted octanol–water partition coefficient (Wildman–Crippen LogP) is 0.385. The van der Waals surface area contributed by atoms with E-state index in [4.69, 9.17) is 14.6 Å². The third kappa shape index (κ3) is 2.84. The quantitative estimate of drug-likeness (QED) is 0.607. The third-order valence-corrected chi connectivity index (χ3v) is 1.37. The molecule has 0 aliphatic carbocycles. The lowest BCUT2D eigenvalue weighted by atomic mass is 10.4. The molecule has 1 aromatic rings. The summed E-state index contributed by atoms with van der Waals surface area (Å²) in [6, 6.07) is 2.86. The molecule has 5 heteroatoms. The van der Waals surface area contributed by atoms with Crippen LogP contribution in [-0.2, 0) is 0 Å². The maximum atomic E-state index is 10.4. The van der Waals surface area contributed by atoms with E-state index >= 15 is 0 Å². The van der Waals surface area contributed by atoms with Crippen molar-refractivity contribution in [2.45, 2.75) is 0 Å². The first kappa shape index (κ1) is 10.2. The Bertz CT molecular complexity index is 372. The molecule has 0 atom stereocenters. The molecule has 0 unspecified atom stereocenters. The number of carbonyl (C=O) groups is 1. The summed E-state index contributed by atoms with van der Waals surface area (Å²) in [5, 5.41) is 19.6. The molecule has 0 bridgehead atoms. The molecule has 3 N–H and O–H groups in total. The molecule has 0 aliphatic heterocycles. The van der Waals surface area contributed by atoms with E-state index in [2.05, 4.69) is 17.2 Å². The minimum absolute atomic E-state index is 0.123. The summed E-state index contributed by atoms with van der Waals surface area (Å²) in [5.74, 6) is 4.14. The zero-order valence-corrected chi connectivity index (χ0v) is 7.28. The Balaban J connectivity index is 2.48. The second-order valence-corrected chi connectivity index (χ2v) is 2.33. The van der Waals surface area contributed by atoms with E-state index in [0.29, 0.717) is 12.4 Å². The van der Waals surface area contributed by atoms with Crippen LogP contribution in [0.25, 0.3) is 0 Å². The summed E-state index contributed by atoms with van der Waals surface area (Å²) < 4.78 is 4.88. The Kier molecular flexibility index (Phi) is 3.58. The number of carboxylic acids is 1. The van der Waals surface area contributed by atoms with Crippen LogP contribution >= 0.6 is 0 Å². The van der Waals surface area contributed by atoms with Gasteiger partial charge >= 0.3 is 5.97 Å². The number of anilines is 1. The first-order valence-corrected chi connectivity index (χ1v) is 3.87. The molecule has 0 amide bonds. The molecule has 74 valence electrons. The van der Waals surface area contributed by atoms with Gasteiger partial charge in [-0.05, 0) is 6.07 Å². The molecule has 1 rings (SSSR count). The number of aromatic carboxylic acids is 1. The second-order valence-electron chi connectivity index (χ2n) is 2.33. The fraction of sp³-hybridized carbons (Fsp3) is 0.222. The lowest BCUT2D eigenvalue weighted by Gasteiger charge is -1.94. The molecule has 0 radical (unpaired) electrons. The number of aliphatic hydroxyl groups excluding tert-OH is 1. The van der Waals surface area contributed by atoms with E-state index in [-0.39, 0.29) is 12.4 Å². The summed E-state index contributed by atoms with van der Waals surface area (Å²) in [4.78, 5) is 10.4. The lowest BCUT2D eigenvalue weighted by Crippen LogP contribution is -1.97. The van der Waals surface area contributed by atoms with Gasteiger partial charge in [-0.1, -0.05) is 11.8 Å². The molecule has 0 saturated heterocycles. The number of furan rings is 1. The van der Waals surface area contributed by atoms with E-state index in [1.54, 1.807) is 0 Å². The van der Waals surface area contributed by atoms with Crippen molar-refractivity contribution in [3.8, 4) is 11.8 Å². The fourth-order valence-electron chi connectivity index (χ4n) is 0.798. The van der Waals surface area contributed by atoms with Crippen LogP contribution in [0.2, 0.25) is 0 Å². The topological polar surface area (TPSA) is 82.7 Å². The van der Waals surface area contributed by atoms with Crippen molar-refractivity contribution in [3.63, 3.8) is 0 Å². The highest BCUT2D eigenvalue weighted by Crippen LogP contribution is 2.12. The van der Waals surface area contributed by atoms with Gasteiger partial charge in [0.05, 0.1) is 6.54 Å². The van der Waals surface area contributed by atoms with E-state index in [1.807, 2.05) is 0 Å². The van der Waals surface area contributed by atoms with Crippen LogP contribution < -0.4 is 5.32 Å². The van der Waals surface area contributed by atoms with Crippen molar-refractivity contribution >= 4 is 11.9 Å². The van der Waals surface area contributed by atoms with Crippen LogP contribution in [0.1, 0.15) is 10.6 Å². The Labute approximate surface area is 80.3 Å². The van der Waals surface area contributed by atoms with Crippen molar-refractivity contribution in [1.29, 1.82) is 0 Å². The van der Waals surface area contributed by atoms with Gasteiger partial charge in [-0.2, -0.15) is 0 Å². The van der Waals surface area contributed by atoms with Gasteiger partial charge in [0.15, 0.2) is 5.88 Å². The average Bonchev–Trinajstić information content (AvgIpc) is 2.61. The van der Waals surface area contributed by atoms with Gasteiger partial charge in [0.2, 0.25) is 5.76 Å². The Morgan fingerprint density at radius 2 is 2.29 bits per heavy atom. The highest BCUT2D eigenvalue weighted by atomic mass is 16.4. The van der Waals surface area contributed by atoms with Gasteiger partial charge in [-0.15, -0.1) is 0 Å². The first-order chi connectivity index (χ1) is 6.74. The molecular formula is C9H9NO4. The third-order valence-electron chi connectivity index (χ3n) is 1.37. The molecule has 0 saturated carbocycles. The van der Waals surface area contributed by atoms with Crippen LogP contribution in [0, 0.1) is 11.8 Å². The monoisotopic (exact) mass is 195 g/mol. The van der Waals surface area contributed by atoms with E-state index < -0.39 is 5.97 Å². The van der Waals surface area contributed by atoms with Gasteiger partial charge < -0.3 is 19.9 Å². The van der Waals surface area contributed by atoms with Crippen molar-refractivity contribution in [3.05, 3.63) is 17.9 Å². The molecule has 0 fully saturated rings. The summed E-state index contributed by atoms with van der Waals surface area (Å²) in [7, 11) is 0. The smallest absolute Gasteiger partial charge is 0.371 e. The average molecular weight is 195 g/mol. The molecule has 5 nitrogen and oxygen atoms in total. The normalized spacial score (nSPS) is 8.93. The molecule has 0 aromatic carbocycles. The summed E-state index contributed by atoms with van der Waals surface area (Å²) in [5.41, 5.74) is 0. The molecule has 0 aliphatic rings. The summed E-state index contributed by atoms with van der Waals surface area (Å²) >= 11 is 0. The van der Waals surface area contributed by atoms with Crippen molar-refractivity contribution in [2.24, 2.45) is 0 Å². The Hall–Kier alpha value is -1.93. The molecule has 0 spiro atoms. The molecule has 14 heavy (non-hydrogen) atoms. The SMILES string of the molecule is O=C(O)c1ccc(NCC#CCO)o1. The number of hydrogen-bond acceptors (Lipinski definition) is 4. The number of hydrogen-bond donors (Lipinski definition) is 3. The van der Waals surface area contributed by atoms with E-state index in [9.17, 15) is 4.79 Å². The molecule has 1 aromatic heterocycles. The predicted molar refractivity (Wildman–Crippen MR) is 49.0 cm³/mol. The first-order valence-electron chi connectivity index (χ1n) is 3.87. The van der Waals surface area contributed by atoms with Crippen molar-refractivity contribution < 1.29 is 19.4 Å². The highest BCUT2D eigenvalue weighted by molar-refractivity contribution is 5.84. The summed E-state index contributed by atoms with van der Waals surface area (Å²) in [6.45, 7) is 0.105. The van der Waals surface area contributed by atoms with Crippen molar-refractivity contribution in [1.82, 2.24) is 0 Å². The van der Waals surface area contributed by atoms with Crippen molar-refractivity contribution in [2.75, 3.05) is 18.5 Å². The lowest BCUT2D eigenvalue weighted by molar-refractivity contribution is 0.0663. The van der Waals surface area contributed by atoms with Crippen LogP contribution in [0.4, 0.5) is 5.88 Å². The number of rotatable bonds is 3. The van der Waals surface area contributed by atoms with Crippen LogP contribution in [-0.4, -0.2) is 29.3 Å². The maximum Gasteiger partial charge on any atom is 0.371 e. The van der Waals surface area contributed by atoms with Gasteiger partial charge in [-0.25, -0.2) is 4.79 Å². The second kappa shape index (κ2) is 4.94. The zero-order chi connectivity index (χ0) is 10.4. The van der Waals surface area contributed by atoms with Gasteiger partial charge in [0.25, 0.3) is 0 Å². The minimum Gasteiger partial charge on any atom is -0.475 e.